The van der Waals surface area contributed by atoms with Crippen molar-refractivity contribution in [3.8, 4) is 0 Å². The Balaban J connectivity index is 3.61. The van der Waals surface area contributed by atoms with Crippen LogP contribution in [0.2, 0.25) is 5.02 Å². The predicted molar refractivity (Wildman–Crippen MR) is 63.7 cm³/mol. The largest absolute Gasteiger partial charge is 0.292 e. The fourth-order valence-corrected chi connectivity index (χ4v) is 2.79. The lowest BCUT2D eigenvalue weighted by atomic mass is 10.2. The summed E-state index contributed by atoms with van der Waals surface area (Å²) in [5.74, 6) is 0. The molecule has 0 amide bonds. The highest BCUT2D eigenvalue weighted by atomic mass is 35.5. The third-order valence-corrected chi connectivity index (χ3v) is 4.58. The maximum atomic E-state index is 11.9. The monoisotopic (exact) mass is 278 g/mol. The van der Waals surface area contributed by atoms with Crippen molar-refractivity contribution in [3.63, 3.8) is 0 Å². The molecular formula is C9H11ClN2O4S. The molecule has 0 aromatic heterocycles. The molecule has 17 heavy (non-hydrogen) atoms. The molecule has 0 spiro atoms. The average Bonchev–Trinajstić information content (AvgIpc) is 2.16. The highest BCUT2D eigenvalue weighted by molar-refractivity contribution is 7.89. The van der Waals surface area contributed by atoms with Gasteiger partial charge in [-0.15, -0.1) is 0 Å². The van der Waals surface area contributed by atoms with Crippen molar-refractivity contribution >= 4 is 27.3 Å². The summed E-state index contributed by atoms with van der Waals surface area (Å²) >= 11 is 5.79. The van der Waals surface area contributed by atoms with Gasteiger partial charge in [-0.3, -0.25) is 10.1 Å². The number of nitrogens with zero attached hydrogens (tertiary/aromatic N) is 2. The van der Waals surface area contributed by atoms with Crippen LogP contribution >= 0.6 is 11.6 Å². The van der Waals surface area contributed by atoms with Crippen LogP contribution in [0.4, 0.5) is 5.69 Å². The zero-order valence-electron chi connectivity index (χ0n) is 9.47. The molecule has 0 bridgehead atoms. The SMILES string of the molecule is Cc1ccc(S(=O)(=O)N(C)C)c(Cl)c1[N+](=O)[O-]. The minimum Gasteiger partial charge on any atom is -0.258 e. The van der Waals surface area contributed by atoms with Gasteiger partial charge in [0.15, 0.2) is 0 Å². The summed E-state index contributed by atoms with van der Waals surface area (Å²) in [6.45, 7) is 1.50. The van der Waals surface area contributed by atoms with Crippen molar-refractivity contribution in [3.05, 3.63) is 32.8 Å². The Morgan fingerprint density at radius 3 is 2.29 bits per heavy atom. The zero-order valence-corrected chi connectivity index (χ0v) is 11.0. The number of nitro groups is 1. The van der Waals surface area contributed by atoms with E-state index < -0.39 is 14.9 Å². The molecule has 0 saturated heterocycles. The minimum absolute atomic E-state index is 0.263. The average molecular weight is 279 g/mol. The number of halogens is 1. The van der Waals surface area contributed by atoms with Gasteiger partial charge in [0.05, 0.1) is 4.92 Å². The van der Waals surface area contributed by atoms with E-state index in [0.29, 0.717) is 5.56 Å². The molecule has 0 unspecified atom stereocenters. The van der Waals surface area contributed by atoms with E-state index in [9.17, 15) is 18.5 Å². The lowest BCUT2D eigenvalue weighted by molar-refractivity contribution is -0.385. The molecule has 1 rings (SSSR count). The van der Waals surface area contributed by atoms with Crippen molar-refractivity contribution in [2.75, 3.05) is 14.1 Å². The topological polar surface area (TPSA) is 80.5 Å². The van der Waals surface area contributed by atoms with Crippen LogP contribution in [0, 0.1) is 17.0 Å². The minimum atomic E-state index is -3.78. The molecule has 0 aliphatic heterocycles. The van der Waals surface area contributed by atoms with Gasteiger partial charge in [0.2, 0.25) is 10.0 Å². The van der Waals surface area contributed by atoms with Gasteiger partial charge in [-0.2, -0.15) is 0 Å². The van der Waals surface area contributed by atoms with Gasteiger partial charge in [-0.1, -0.05) is 17.7 Å². The molecule has 0 atom stereocenters. The van der Waals surface area contributed by atoms with Crippen LogP contribution in [-0.4, -0.2) is 31.7 Å². The Morgan fingerprint density at radius 1 is 1.35 bits per heavy atom. The third kappa shape index (κ3) is 2.41. The van der Waals surface area contributed by atoms with Crippen LogP contribution in [0.15, 0.2) is 17.0 Å². The number of rotatable bonds is 3. The maximum Gasteiger partial charge on any atom is 0.292 e. The number of nitro benzene ring substituents is 1. The Morgan fingerprint density at radius 2 is 1.88 bits per heavy atom. The molecule has 0 saturated carbocycles. The van der Waals surface area contributed by atoms with Crippen molar-refractivity contribution in [2.24, 2.45) is 0 Å². The molecule has 0 heterocycles. The summed E-state index contributed by atoms with van der Waals surface area (Å²) in [7, 11) is -1.12. The van der Waals surface area contributed by atoms with Crippen molar-refractivity contribution in [1.82, 2.24) is 4.31 Å². The van der Waals surface area contributed by atoms with Crippen LogP contribution in [0.3, 0.4) is 0 Å². The van der Waals surface area contributed by atoms with Gasteiger partial charge < -0.3 is 0 Å². The van der Waals surface area contributed by atoms with Crippen LogP contribution in [0.1, 0.15) is 5.56 Å². The first-order chi connectivity index (χ1) is 7.69. The number of benzene rings is 1. The number of hydrogen-bond donors (Lipinski definition) is 0. The summed E-state index contributed by atoms with van der Waals surface area (Å²) in [6.07, 6.45) is 0. The van der Waals surface area contributed by atoms with Gasteiger partial charge in [0, 0.05) is 19.7 Å². The van der Waals surface area contributed by atoms with E-state index in [1.165, 1.54) is 33.2 Å². The summed E-state index contributed by atoms with van der Waals surface area (Å²) in [4.78, 5) is 9.85. The second-order valence-electron chi connectivity index (χ2n) is 3.59. The third-order valence-electron chi connectivity index (χ3n) is 2.22. The second kappa shape index (κ2) is 4.59. The second-order valence-corrected chi connectivity index (χ2v) is 6.09. The van der Waals surface area contributed by atoms with Crippen molar-refractivity contribution in [1.29, 1.82) is 0 Å². The van der Waals surface area contributed by atoms with E-state index in [4.69, 9.17) is 11.6 Å². The van der Waals surface area contributed by atoms with E-state index >= 15 is 0 Å². The Hall–Kier alpha value is -1.18. The van der Waals surface area contributed by atoms with E-state index in [2.05, 4.69) is 0 Å². The number of hydrogen-bond acceptors (Lipinski definition) is 4. The molecule has 0 N–H and O–H groups in total. The summed E-state index contributed by atoms with van der Waals surface area (Å²) in [5, 5.41) is 10.4. The smallest absolute Gasteiger partial charge is 0.258 e. The first kappa shape index (κ1) is 13.9. The molecule has 0 radical (unpaired) electrons. The van der Waals surface area contributed by atoms with E-state index in [0.717, 1.165) is 4.31 Å². The van der Waals surface area contributed by atoms with Crippen LogP contribution in [0.25, 0.3) is 0 Å². The lowest BCUT2D eigenvalue weighted by Gasteiger charge is -2.13. The molecule has 0 aliphatic rings. The molecule has 0 fully saturated rings. The summed E-state index contributed by atoms with van der Waals surface area (Å²) in [6, 6.07) is 2.63. The van der Waals surface area contributed by atoms with Crippen molar-refractivity contribution in [2.45, 2.75) is 11.8 Å². The molecule has 94 valence electrons. The molecule has 1 aromatic carbocycles. The number of sulfonamides is 1. The standard InChI is InChI=1S/C9H11ClN2O4S/c1-6-4-5-7(17(15,16)11(2)3)8(10)9(6)12(13)14/h4-5H,1-3H3. The zero-order chi connectivity index (χ0) is 13.4. The van der Waals surface area contributed by atoms with Gasteiger partial charge in [-0.25, -0.2) is 12.7 Å². The van der Waals surface area contributed by atoms with Gasteiger partial charge in [-0.05, 0) is 13.0 Å². The van der Waals surface area contributed by atoms with Gasteiger partial charge in [0.1, 0.15) is 9.92 Å². The van der Waals surface area contributed by atoms with Crippen molar-refractivity contribution < 1.29 is 13.3 Å². The van der Waals surface area contributed by atoms with Gasteiger partial charge in [0.25, 0.3) is 5.69 Å². The first-order valence-electron chi connectivity index (χ1n) is 4.55. The Bertz CT molecular complexity index is 569. The Kier molecular flexibility index (Phi) is 3.75. The summed E-state index contributed by atoms with van der Waals surface area (Å²) in [5.41, 5.74) is -0.0627. The van der Waals surface area contributed by atoms with Crippen LogP contribution in [0.5, 0.6) is 0 Å². The molecule has 1 aromatic rings. The Labute approximate surface area is 104 Å². The van der Waals surface area contributed by atoms with Gasteiger partial charge >= 0.3 is 0 Å². The molecule has 8 heteroatoms. The quantitative estimate of drug-likeness (QED) is 0.624. The van der Waals surface area contributed by atoms with Crippen LogP contribution in [-0.2, 0) is 10.0 Å². The van der Waals surface area contributed by atoms with Crippen LogP contribution < -0.4 is 0 Å². The highest BCUT2D eigenvalue weighted by Crippen LogP contribution is 2.34. The normalized spacial score (nSPS) is 11.8. The van der Waals surface area contributed by atoms with E-state index in [1.54, 1.807) is 0 Å². The lowest BCUT2D eigenvalue weighted by Crippen LogP contribution is -2.22. The maximum absolute atomic E-state index is 11.9. The summed E-state index contributed by atoms with van der Waals surface area (Å²) < 4.78 is 24.7. The molecular weight excluding hydrogens is 268 g/mol. The number of aryl methyl sites for hydroxylation is 1. The predicted octanol–water partition coefficient (Wildman–Crippen LogP) is 1.81. The molecule has 0 aliphatic carbocycles. The van der Waals surface area contributed by atoms with E-state index in [-0.39, 0.29) is 15.6 Å². The van der Waals surface area contributed by atoms with E-state index in [1.807, 2.05) is 0 Å². The fourth-order valence-electron chi connectivity index (χ4n) is 1.26. The highest BCUT2D eigenvalue weighted by Gasteiger charge is 2.27. The fraction of sp³-hybridized carbons (Fsp3) is 0.333. The first-order valence-corrected chi connectivity index (χ1v) is 6.37. The molecule has 6 nitrogen and oxygen atoms in total.